The van der Waals surface area contributed by atoms with Crippen LogP contribution in [0.15, 0.2) is 54.6 Å². The number of hydrogen-bond acceptors (Lipinski definition) is 6. The first-order valence-corrected chi connectivity index (χ1v) is 9.24. The van der Waals surface area contributed by atoms with Gasteiger partial charge in [0, 0.05) is 0 Å². The summed E-state index contributed by atoms with van der Waals surface area (Å²) in [4.78, 5) is 49.5. The topological polar surface area (TPSA) is 114 Å². The van der Waals surface area contributed by atoms with Gasteiger partial charge in [-0.05, 0) is 36.2 Å². The van der Waals surface area contributed by atoms with Gasteiger partial charge in [-0.1, -0.05) is 37.3 Å². The Morgan fingerprint density at radius 3 is 2.33 bits per heavy atom. The minimum atomic E-state index is -1.27. The van der Waals surface area contributed by atoms with Crippen molar-refractivity contribution < 1.29 is 28.7 Å². The molecule has 0 unspecified atom stereocenters. The highest BCUT2D eigenvalue weighted by Gasteiger charge is 2.52. The summed E-state index contributed by atoms with van der Waals surface area (Å²) in [7, 11) is 1.50. The number of amides is 4. The summed E-state index contributed by atoms with van der Waals surface area (Å²) >= 11 is 0. The smallest absolute Gasteiger partial charge is 0.344 e. The van der Waals surface area contributed by atoms with Crippen LogP contribution in [0.25, 0.3) is 0 Å². The molecule has 0 radical (unpaired) electrons. The van der Waals surface area contributed by atoms with Gasteiger partial charge in [0.2, 0.25) is 0 Å². The van der Waals surface area contributed by atoms with E-state index in [2.05, 4.69) is 10.7 Å². The number of hydrogen-bond donors (Lipinski definition) is 2. The Bertz CT molecular complexity index is 960. The maximum absolute atomic E-state index is 12.9. The quantitative estimate of drug-likeness (QED) is 0.530. The van der Waals surface area contributed by atoms with Gasteiger partial charge in [0.15, 0.2) is 6.61 Å². The maximum Gasteiger partial charge on any atom is 0.344 e. The lowest BCUT2D eigenvalue weighted by molar-refractivity contribution is -0.140. The van der Waals surface area contributed by atoms with Gasteiger partial charge in [-0.3, -0.25) is 15.0 Å². The van der Waals surface area contributed by atoms with Gasteiger partial charge in [0.05, 0.1) is 12.7 Å². The summed E-state index contributed by atoms with van der Waals surface area (Å²) in [5.41, 5.74) is 1.76. The fourth-order valence-corrected chi connectivity index (χ4v) is 3.14. The molecule has 1 atom stereocenters. The van der Waals surface area contributed by atoms with Crippen molar-refractivity contribution >= 4 is 23.8 Å². The molecule has 1 fully saturated rings. The van der Waals surface area contributed by atoms with Gasteiger partial charge in [0.25, 0.3) is 11.8 Å². The van der Waals surface area contributed by atoms with Crippen LogP contribution in [0.2, 0.25) is 0 Å². The molecule has 0 aromatic heterocycles. The lowest BCUT2D eigenvalue weighted by atomic mass is 9.87. The molecule has 0 saturated carbocycles. The van der Waals surface area contributed by atoms with Gasteiger partial charge >= 0.3 is 12.0 Å². The van der Waals surface area contributed by atoms with E-state index in [1.807, 2.05) is 0 Å². The molecule has 3 rings (SSSR count). The van der Waals surface area contributed by atoms with E-state index in [-0.39, 0.29) is 5.56 Å². The number of ether oxygens (including phenoxy) is 2. The largest absolute Gasteiger partial charge is 0.497 e. The van der Waals surface area contributed by atoms with Gasteiger partial charge in [0.1, 0.15) is 11.3 Å². The van der Waals surface area contributed by atoms with Gasteiger partial charge in [-0.25, -0.2) is 9.59 Å². The van der Waals surface area contributed by atoms with E-state index < -0.39 is 36.0 Å². The summed E-state index contributed by atoms with van der Waals surface area (Å²) in [6.07, 6.45) is 0.292. The number of carbonyl (C=O) groups excluding carboxylic acids is 4. The van der Waals surface area contributed by atoms with Crippen molar-refractivity contribution in [3.05, 3.63) is 65.7 Å². The minimum absolute atomic E-state index is 0.229. The first-order chi connectivity index (χ1) is 14.4. The van der Waals surface area contributed by atoms with Gasteiger partial charge < -0.3 is 14.8 Å². The third kappa shape index (κ3) is 3.95. The number of esters is 1. The number of methoxy groups -OCH3 is 1. The van der Waals surface area contributed by atoms with E-state index >= 15 is 0 Å². The highest BCUT2D eigenvalue weighted by atomic mass is 16.5. The SMILES string of the molecule is CC[C@@]1(c2ccccc2)NC(=O)N(NC(=O)COC(=O)c2ccc(OC)cc2)C1=O. The van der Waals surface area contributed by atoms with Crippen LogP contribution in [0, 0.1) is 0 Å². The molecule has 9 nitrogen and oxygen atoms in total. The zero-order chi connectivity index (χ0) is 21.7. The van der Waals surface area contributed by atoms with Crippen LogP contribution in [0.1, 0.15) is 29.3 Å². The Morgan fingerprint density at radius 2 is 1.73 bits per heavy atom. The Morgan fingerprint density at radius 1 is 1.07 bits per heavy atom. The standard InChI is InChI=1S/C21H21N3O6/c1-3-21(15-7-5-4-6-8-15)19(27)24(20(28)22-21)23-17(25)13-30-18(26)14-9-11-16(29-2)12-10-14/h4-12H,3,13H2,1-2H3,(H,22,28)(H,23,25)/t21-/m0/s1. The van der Waals surface area contributed by atoms with Crippen molar-refractivity contribution in [3.63, 3.8) is 0 Å². The predicted octanol–water partition coefficient (Wildman–Crippen LogP) is 1.74. The molecular weight excluding hydrogens is 390 g/mol. The monoisotopic (exact) mass is 411 g/mol. The number of benzene rings is 2. The molecule has 0 aliphatic carbocycles. The second kappa shape index (κ2) is 8.64. The van der Waals surface area contributed by atoms with Crippen LogP contribution < -0.4 is 15.5 Å². The van der Waals surface area contributed by atoms with Crippen molar-refractivity contribution in [2.24, 2.45) is 0 Å². The highest BCUT2D eigenvalue weighted by Crippen LogP contribution is 2.31. The molecule has 2 aromatic carbocycles. The van der Waals surface area contributed by atoms with Crippen molar-refractivity contribution in [1.29, 1.82) is 0 Å². The minimum Gasteiger partial charge on any atom is -0.497 e. The van der Waals surface area contributed by atoms with Crippen LogP contribution in [-0.2, 0) is 19.9 Å². The predicted molar refractivity (Wildman–Crippen MR) is 105 cm³/mol. The first-order valence-electron chi connectivity index (χ1n) is 9.24. The number of rotatable bonds is 7. The number of nitrogens with one attached hydrogen (secondary N) is 2. The van der Waals surface area contributed by atoms with E-state index in [9.17, 15) is 19.2 Å². The van der Waals surface area contributed by atoms with Crippen LogP contribution in [0.5, 0.6) is 5.75 Å². The lowest BCUT2D eigenvalue weighted by Gasteiger charge is -2.25. The zero-order valence-electron chi connectivity index (χ0n) is 16.5. The first kappa shape index (κ1) is 20.8. The van der Waals surface area contributed by atoms with E-state index in [1.165, 1.54) is 19.2 Å². The summed E-state index contributed by atoms with van der Waals surface area (Å²) in [5, 5.41) is 3.25. The Hall–Kier alpha value is -3.88. The molecule has 156 valence electrons. The summed E-state index contributed by atoms with van der Waals surface area (Å²) in [6.45, 7) is 1.10. The van der Waals surface area contributed by atoms with Gasteiger partial charge in [-0.15, -0.1) is 0 Å². The molecule has 1 heterocycles. The molecular formula is C21H21N3O6. The highest BCUT2D eigenvalue weighted by molar-refractivity contribution is 6.08. The van der Waals surface area contributed by atoms with Gasteiger partial charge in [-0.2, -0.15) is 5.01 Å². The molecule has 2 N–H and O–H groups in total. The molecule has 1 aliphatic heterocycles. The second-order valence-electron chi connectivity index (χ2n) is 6.54. The number of nitrogens with zero attached hydrogens (tertiary/aromatic N) is 1. The van der Waals surface area contributed by atoms with Crippen LogP contribution >= 0.6 is 0 Å². The van der Waals surface area contributed by atoms with Crippen molar-refractivity contribution in [1.82, 2.24) is 15.8 Å². The fraction of sp³-hybridized carbons (Fsp3) is 0.238. The zero-order valence-corrected chi connectivity index (χ0v) is 16.5. The maximum atomic E-state index is 12.9. The van der Waals surface area contributed by atoms with Crippen molar-refractivity contribution in [2.45, 2.75) is 18.9 Å². The van der Waals surface area contributed by atoms with Crippen molar-refractivity contribution in [2.75, 3.05) is 13.7 Å². The number of urea groups is 1. The molecule has 1 saturated heterocycles. The number of hydrazine groups is 1. The molecule has 2 aromatic rings. The molecule has 0 bridgehead atoms. The van der Waals surface area contributed by atoms with Crippen LogP contribution in [-0.4, -0.2) is 42.5 Å². The Balaban J connectivity index is 1.63. The summed E-state index contributed by atoms with van der Waals surface area (Å²) in [5.74, 6) is -1.59. The third-order valence-electron chi connectivity index (χ3n) is 4.79. The second-order valence-corrected chi connectivity index (χ2v) is 6.54. The number of carbonyl (C=O) groups is 4. The van der Waals surface area contributed by atoms with Crippen LogP contribution in [0.3, 0.4) is 0 Å². The van der Waals surface area contributed by atoms with E-state index in [4.69, 9.17) is 9.47 Å². The fourth-order valence-electron chi connectivity index (χ4n) is 3.14. The molecule has 0 spiro atoms. The van der Waals surface area contributed by atoms with E-state index in [0.717, 1.165) is 0 Å². The number of imide groups is 1. The Kier molecular flexibility index (Phi) is 6.01. The third-order valence-corrected chi connectivity index (χ3v) is 4.79. The average Bonchev–Trinajstić information content (AvgIpc) is 3.03. The normalized spacial score (nSPS) is 18.0. The summed E-state index contributed by atoms with van der Waals surface area (Å²) < 4.78 is 9.95. The lowest BCUT2D eigenvalue weighted by Crippen LogP contribution is -2.49. The van der Waals surface area contributed by atoms with Crippen molar-refractivity contribution in [3.8, 4) is 5.75 Å². The van der Waals surface area contributed by atoms with E-state index in [0.29, 0.717) is 22.7 Å². The molecule has 4 amide bonds. The molecule has 9 heteroatoms. The average molecular weight is 411 g/mol. The van der Waals surface area contributed by atoms with Crippen LogP contribution in [0.4, 0.5) is 4.79 Å². The molecule has 1 aliphatic rings. The summed E-state index contributed by atoms with van der Waals surface area (Å²) in [6, 6.07) is 14.1. The van der Waals surface area contributed by atoms with E-state index in [1.54, 1.807) is 49.4 Å². The Labute approximate surface area is 172 Å². The molecule has 30 heavy (non-hydrogen) atoms.